The Morgan fingerprint density at radius 1 is 1.12 bits per heavy atom. The highest BCUT2D eigenvalue weighted by atomic mass is 14.9. The molecule has 2 heteroatoms. The summed E-state index contributed by atoms with van der Waals surface area (Å²) >= 11 is 0. The van der Waals surface area contributed by atoms with Crippen LogP contribution in [0.2, 0.25) is 0 Å². The fourth-order valence-electron chi connectivity index (χ4n) is 1.73. The third-order valence-corrected chi connectivity index (χ3v) is 2.67. The fraction of sp³-hybridized carbons (Fsp3) is 0.214. The van der Waals surface area contributed by atoms with Crippen LogP contribution < -0.4 is 5.32 Å². The largest absolute Gasteiger partial charge is 0.312 e. The minimum atomic E-state index is 0.216. The lowest BCUT2D eigenvalue weighted by Crippen LogP contribution is -2.26. The van der Waals surface area contributed by atoms with Gasteiger partial charge in [0.2, 0.25) is 0 Å². The average molecular weight is 212 g/mol. The Morgan fingerprint density at radius 2 is 1.94 bits per heavy atom. The first-order valence-electron chi connectivity index (χ1n) is 5.54. The molecule has 0 aromatic heterocycles. The molecular weight excluding hydrogens is 196 g/mol. The highest BCUT2D eigenvalue weighted by molar-refractivity contribution is 5.96. The van der Waals surface area contributed by atoms with Crippen molar-refractivity contribution in [2.75, 3.05) is 6.54 Å². The molecule has 0 heterocycles. The number of allylic oxidation sites excluding steroid dienone is 3. The lowest BCUT2D eigenvalue weighted by Gasteiger charge is -2.15. The number of rotatable bonds is 4. The smallest absolute Gasteiger partial charge is 0.0395 e. The minimum Gasteiger partial charge on any atom is -0.312 e. The molecule has 1 aliphatic rings. The highest BCUT2D eigenvalue weighted by Crippen LogP contribution is 2.07. The Labute approximate surface area is 96.2 Å². The zero-order valence-corrected chi connectivity index (χ0v) is 9.19. The van der Waals surface area contributed by atoms with E-state index in [0.717, 1.165) is 13.1 Å². The summed E-state index contributed by atoms with van der Waals surface area (Å²) in [5.41, 5.74) is 1.97. The van der Waals surface area contributed by atoms with Gasteiger partial charge in [0.25, 0.3) is 0 Å². The first kappa shape index (κ1) is 10.8. The Balaban J connectivity index is 1.78. The maximum absolute atomic E-state index is 7.75. The standard InChI is InChI=1S/C14H16N2/c15-14-9-5-4-8-13(14)11-16-10-12-6-2-1-3-7-12/h1-9,13,15-16H,10-11H2. The monoisotopic (exact) mass is 212 g/mol. The molecule has 1 aromatic carbocycles. The molecule has 0 radical (unpaired) electrons. The molecule has 0 saturated heterocycles. The molecule has 0 saturated carbocycles. The topological polar surface area (TPSA) is 35.9 Å². The quantitative estimate of drug-likeness (QED) is 0.790. The van der Waals surface area contributed by atoms with E-state index in [0.29, 0.717) is 5.71 Å². The predicted octanol–water partition coefficient (Wildman–Crippen LogP) is 2.54. The molecule has 2 rings (SSSR count). The van der Waals surface area contributed by atoms with Crippen LogP contribution in [0.25, 0.3) is 0 Å². The van der Waals surface area contributed by atoms with Crippen LogP contribution in [0.5, 0.6) is 0 Å². The van der Waals surface area contributed by atoms with Crippen molar-refractivity contribution in [1.29, 1.82) is 5.41 Å². The molecule has 1 unspecified atom stereocenters. The molecule has 0 amide bonds. The lowest BCUT2D eigenvalue weighted by atomic mass is 9.98. The van der Waals surface area contributed by atoms with Crippen molar-refractivity contribution in [2.45, 2.75) is 6.54 Å². The van der Waals surface area contributed by atoms with E-state index in [9.17, 15) is 0 Å². The molecule has 2 N–H and O–H groups in total. The van der Waals surface area contributed by atoms with Crippen LogP contribution in [0.15, 0.2) is 54.6 Å². The summed E-state index contributed by atoms with van der Waals surface area (Å²) in [4.78, 5) is 0. The van der Waals surface area contributed by atoms with Gasteiger partial charge in [0.05, 0.1) is 0 Å². The molecule has 0 bridgehead atoms. The van der Waals surface area contributed by atoms with Crippen LogP contribution in [0.1, 0.15) is 5.56 Å². The number of hydrogen-bond acceptors (Lipinski definition) is 2. The van der Waals surface area contributed by atoms with Gasteiger partial charge in [-0.3, -0.25) is 0 Å². The fourth-order valence-corrected chi connectivity index (χ4v) is 1.73. The average Bonchev–Trinajstić information content (AvgIpc) is 2.33. The van der Waals surface area contributed by atoms with E-state index in [4.69, 9.17) is 5.41 Å². The lowest BCUT2D eigenvalue weighted by molar-refractivity contribution is 0.645. The summed E-state index contributed by atoms with van der Waals surface area (Å²) in [6, 6.07) is 10.3. The maximum Gasteiger partial charge on any atom is 0.0395 e. The van der Waals surface area contributed by atoms with E-state index in [-0.39, 0.29) is 5.92 Å². The molecule has 82 valence electrons. The SMILES string of the molecule is N=C1C=CC=CC1CNCc1ccccc1. The van der Waals surface area contributed by atoms with E-state index in [1.165, 1.54) is 5.56 Å². The summed E-state index contributed by atoms with van der Waals surface area (Å²) in [6.07, 6.45) is 7.85. The van der Waals surface area contributed by atoms with E-state index in [2.05, 4.69) is 23.5 Å². The first-order chi connectivity index (χ1) is 7.86. The third kappa shape index (κ3) is 2.91. The summed E-state index contributed by atoms with van der Waals surface area (Å²) in [5, 5.41) is 11.1. The zero-order valence-electron chi connectivity index (χ0n) is 9.19. The molecule has 1 atom stereocenters. The second-order valence-corrected chi connectivity index (χ2v) is 3.92. The van der Waals surface area contributed by atoms with Crippen molar-refractivity contribution >= 4 is 5.71 Å². The molecule has 0 fully saturated rings. The summed E-state index contributed by atoms with van der Waals surface area (Å²) in [7, 11) is 0. The molecule has 2 nitrogen and oxygen atoms in total. The maximum atomic E-state index is 7.75. The van der Waals surface area contributed by atoms with Crippen molar-refractivity contribution in [3.63, 3.8) is 0 Å². The van der Waals surface area contributed by atoms with Gasteiger partial charge in [-0.05, 0) is 11.6 Å². The van der Waals surface area contributed by atoms with E-state index in [1.54, 1.807) is 0 Å². The Hall–Kier alpha value is -1.67. The van der Waals surface area contributed by atoms with Crippen molar-refractivity contribution in [1.82, 2.24) is 5.32 Å². The molecule has 0 spiro atoms. The van der Waals surface area contributed by atoms with Gasteiger partial charge in [-0.1, -0.05) is 48.6 Å². The van der Waals surface area contributed by atoms with E-state index in [1.807, 2.05) is 36.4 Å². The van der Waals surface area contributed by atoms with Crippen molar-refractivity contribution < 1.29 is 0 Å². The van der Waals surface area contributed by atoms with Gasteiger partial charge >= 0.3 is 0 Å². The van der Waals surface area contributed by atoms with Gasteiger partial charge in [0.15, 0.2) is 0 Å². The third-order valence-electron chi connectivity index (χ3n) is 2.67. The Morgan fingerprint density at radius 3 is 2.69 bits per heavy atom. The van der Waals surface area contributed by atoms with Crippen LogP contribution in [-0.2, 0) is 6.54 Å². The second-order valence-electron chi connectivity index (χ2n) is 3.92. The summed E-state index contributed by atoms with van der Waals surface area (Å²) in [5.74, 6) is 0.216. The predicted molar refractivity (Wildman–Crippen MR) is 67.6 cm³/mol. The normalized spacial score (nSPS) is 19.0. The summed E-state index contributed by atoms with van der Waals surface area (Å²) < 4.78 is 0. The number of hydrogen-bond donors (Lipinski definition) is 2. The minimum absolute atomic E-state index is 0.216. The van der Waals surface area contributed by atoms with E-state index >= 15 is 0 Å². The number of benzene rings is 1. The molecule has 16 heavy (non-hydrogen) atoms. The van der Waals surface area contributed by atoms with Gasteiger partial charge < -0.3 is 10.7 Å². The molecule has 1 aliphatic carbocycles. The first-order valence-corrected chi connectivity index (χ1v) is 5.54. The van der Waals surface area contributed by atoms with Gasteiger partial charge in [-0.2, -0.15) is 0 Å². The van der Waals surface area contributed by atoms with Crippen molar-refractivity contribution in [2.24, 2.45) is 5.92 Å². The van der Waals surface area contributed by atoms with Crippen LogP contribution in [0.3, 0.4) is 0 Å². The van der Waals surface area contributed by atoms with Crippen molar-refractivity contribution in [3.8, 4) is 0 Å². The van der Waals surface area contributed by atoms with Crippen molar-refractivity contribution in [3.05, 3.63) is 60.2 Å². The molecule has 0 aliphatic heterocycles. The Bertz CT molecular complexity index is 404. The zero-order chi connectivity index (χ0) is 11.2. The molecule has 1 aromatic rings. The molecular formula is C14H16N2. The second kappa shape index (κ2) is 5.42. The van der Waals surface area contributed by atoms with Crippen LogP contribution in [0, 0.1) is 11.3 Å². The van der Waals surface area contributed by atoms with Gasteiger partial charge in [0, 0.05) is 24.7 Å². The highest BCUT2D eigenvalue weighted by Gasteiger charge is 2.10. The van der Waals surface area contributed by atoms with Gasteiger partial charge in [0.1, 0.15) is 0 Å². The van der Waals surface area contributed by atoms with Crippen LogP contribution in [0.4, 0.5) is 0 Å². The Kier molecular flexibility index (Phi) is 3.67. The van der Waals surface area contributed by atoms with Crippen LogP contribution >= 0.6 is 0 Å². The van der Waals surface area contributed by atoms with Gasteiger partial charge in [-0.15, -0.1) is 0 Å². The summed E-state index contributed by atoms with van der Waals surface area (Å²) in [6.45, 7) is 1.69. The van der Waals surface area contributed by atoms with Gasteiger partial charge in [-0.25, -0.2) is 0 Å². The van der Waals surface area contributed by atoms with Crippen LogP contribution in [-0.4, -0.2) is 12.3 Å². The van der Waals surface area contributed by atoms with E-state index < -0.39 is 0 Å². The number of nitrogens with one attached hydrogen (secondary N) is 2.